The summed E-state index contributed by atoms with van der Waals surface area (Å²) < 4.78 is 1.14. The number of halogens is 1. The average molecular weight is 368 g/mol. The molecule has 0 aliphatic carbocycles. The van der Waals surface area contributed by atoms with Crippen molar-refractivity contribution >= 4 is 21.6 Å². The summed E-state index contributed by atoms with van der Waals surface area (Å²) in [5, 5.41) is 3.49. The quantitative estimate of drug-likeness (QED) is 0.334. The fraction of sp³-hybridized carbons (Fsp3) is 0.700. The third-order valence-electron chi connectivity index (χ3n) is 4.20. The first-order valence-corrected chi connectivity index (χ1v) is 10.1. The summed E-state index contributed by atoms with van der Waals surface area (Å²) in [6.07, 6.45) is 16.9. The molecule has 0 saturated heterocycles. The van der Waals surface area contributed by atoms with Crippen molar-refractivity contribution in [2.75, 3.05) is 11.9 Å². The van der Waals surface area contributed by atoms with Gasteiger partial charge in [0.1, 0.15) is 0 Å². The molecule has 1 aromatic carbocycles. The third-order valence-corrected chi connectivity index (χ3v) is 4.73. The van der Waals surface area contributed by atoms with E-state index in [1.54, 1.807) is 0 Å². The highest BCUT2D eigenvalue weighted by Crippen LogP contribution is 2.15. The molecule has 0 spiro atoms. The Morgan fingerprint density at radius 2 is 1.14 bits per heavy atom. The van der Waals surface area contributed by atoms with Crippen molar-refractivity contribution in [1.29, 1.82) is 0 Å². The van der Waals surface area contributed by atoms with E-state index in [-0.39, 0.29) is 0 Å². The summed E-state index contributed by atoms with van der Waals surface area (Å²) in [4.78, 5) is 0. The lowest BCUT2D eigenvalue weighted by Crippen LogP contribution is -2.00. The second-order valence-electron chi connectivity index (χ2n) is 6.32. The largest absolute Gasteiger partial charge is 0.385 e. The Morgan fingerprint density at radius 3 is 1.64 bits per heavy atom. The molecule has 0 atom stereocenters. The van der Waals surface area contributed by atoms with Gasteiger partial charge >= 0.3 is 0 Å². The van der Waals surface area contributed by atoms with Crippen LogP contribution in [-0.4, -0.2) is 6.54 Å². The molecule has 0 fully saturated rings. The average Bonchev–Trinajstić information content (AvgIpc) is 2.53. The number of rotatable bonds is 14. The van der Waals surface area contributed by atoms with E-state index in [0.717, 1.165) is 11.0 Å². The molecular weight excluding hydrogens is 334 g/mol. The van der Waals surface area contributed by atoms with Gasteiger partial charge < -0.3 is 5.32 Å². The summed E-state index contributed by atoms with van der Waals surface area (Å²) in [5.41, 5.74) is 1.23. The number of unbranched alkanes of at least 4 members (excludes halogenated alkanes) is 11. The molecule has 0 amide bonds. The Hall–Kier alpha value is -0.500. The van der Waals surface area contributed by atoms with Crippen LogP contribution in [0.5, 0.6) is 0 Å². The van der Waals surface area contributed by atoms with Crippen LogP contribution in [0, 0.1) is 0 Å². The number of nitrogens with one attached hydrogen (secondary N) is 1. The minimum absolute atomic E-state index is 1.10. The van der Waals surface area contributed by atoms with E-state index >= 15 is 0 Å². The van der Waals surface area contributed by atoms with Gasteiger partial charge in [-0.15, -0.1) is 0 Å². The predicted molar refractivity (Wildman–Crippen MR) is 104 cm³/mol. The topological polar surface area (TPSA) is 12.0 Å². The standard InChI is InChI=1S/C20H34BrN/c1-2-3-4-5-6-7-8-9-10-11-12-13-18-22-20-16-14-19(21)15-17-20/h14-17,22H,2-13,18H2,1H3. The number of anilines is 1. The van der Waals surface area contributed by atoms with Crippen molar-refractivity contribution in [2.24, 2.45) is 0 Å². The fourth-order valence-electron chi connectivity index (χ4n) is 2.77. The van der Waals surface area contributed by atoms with Gasteiger partial charge in [0.2, 0.25) is 0 Å². The molecule has 1 rings (SSSR count). The van der Waals surface area contributed by atoms with Gasteiger partial charge in [-0.3, -0.25) is 0 Å². The number of hydrogen-bond acceptors (Lipinski definition) is 1. The van der Waals surface area contributed by atoms with Crippen molar-refractivity contribution < 1.29 is 0 Å². The van der Waals surface area contributed by atoms with Gasteiger partial charge in [-0.2, -0.15) is 0 Å². The Kier molecular flexibility index (Phi) is 12.5. The second kappa shape index (κ2) is 14.1. The molecule has 1 aromatic rings. The van der Waals surface area contributed by atoms with Gasteiger partial charge in [0.05, 0.1) is 0 Å². The number of hydrogen-bond donors (Lipinski definition) is 1. The Labute approximate surface area is 146 Å². The van der Waals surface area contributed by atoms with Crippen LogP contribution in [0.1, 0.15) is 84.0 Å². The molecule has 2 heteroatoms. The highest BCUT2D eigenvalue weighted by Gasteiger charge is 1.94. The molecule has 0 heterocycles. The summed E-state index contributed by atoms with van der Waals surface area (Å²) in [6.45, 7) is 3.38. The summed E-state index contributed by atoms with van der Waals surface area (Å²) in [6, 6.07) is 8.43. The van der Waals surface area contributed by atoms with E-state index in [9.17, 15) is 0 Å². The second-order valence-corrected chi connectivity index (χ2v) is 7.24. The van der Waals surface area contributed by atoms with Gasteiger partial charge in [-0.05, 0) is 30.7 Å². The SMILES string of the molecule is CCCCCCCCCCCCCCNc1ccc(Br)cc1. The first-order valence-electron chi connectivity index (χ1n) is 9.32. The zero-order valence-electron chi connectivity index (χ0n) is 14.4. The minimum Gasteiger partial charge on any atom is -0.385 e. The van der Waals surface area contributed by atoms with Crippen LogP contribution in [0.3, 0.4) is 0 Å². The lowest BCUT2D eigenvalue weighted by molar-refractivity contribution is 0.546. The molecule has 0 aromatic heterocycles. The van der Waals surface area contributed by atoms with Crippen LogP contribution >= 0.6 is 15.9 Å². The maximum atomic E-state index is 3.49. The smallest absolute Gasteiger partial charge is 0.0340 e. The Morgan fingerprint density at radius 1 is 0.682 bits per heavy atom. The molecule has 1 nitrogen and oxygen atoms in total. The molecule has 126 valence electrons. The fourth-order valence-corrected chi connectivity index (χ4v) is 3.03. The lowest BCUT2D eigenvalue weighted by Gasteiger charge is -2.06. The predicted octanol–water partition coefficient (Wildman–Crippen LogP) is 7.56. The zero-order valence-corrected chi connectivity index (χ0v) is 16.0. The van der Waals surface area contributed by atoms with Gasteiger partial charge in [-0.25, -0.2) is 0 Å². The summed E-state index contributed by atoms with van der Waals surface area (Å²) >= 11 is 3.46. The Balaban J connectivity index is 1.79. The molecule has 0 aliphatic rings. The maximum absolute atomic E-state index is 3.49. The zero-order chi connectivity index (χ0) is 15.9. The van der Waals surface area contributed by atoms with E-state index in [2.05, 4.69) is 52.4 Å². The van der Waals surface area contributed by atoms with Crippen molar-refractivity contribution in [3.05, 3.63) is 28.7 Å². The Bertz CT molecular complexity index is 347. The van der Waals surface area contributed by atoms with Crippen molar-refractivity contribution in [3.8, 4) is 0 Å². The van der Waals surface area contributed by atoms with Crippen LogP contribution in [0.2, 0.25) is 0 Å². The van der Waals surface area contributed by atoms with Crippen LogP contribution in [0.4, 0.5) is 5.69 Å². The van der Waals surface area contributed by atoms with Crippen LogP contribution in [0.25, 0.3) is 0 Å². The van der Waals surface area contributed by atoms with E-state index in [4.69, 9.17) is 0 Å². The van der Waals surface area contributed by atoms with E-state index in [0.29, 0.717) is 0 Å². The van der Waals surface area contributed by atoms with Crippen molar-refractivity contribution in [1.82, 2.24) is 0 Å². The highest BCUT2D eigenvalue weighted by atomic mass is 79.9. The minimum atomic E-state index is 1.10. The van der Waals surface area contributed by atoms with Gasteiger partial charge in [0.15, 0.2) is 0 Å². The highest BCUT2D eigenvalue weighted by molar-refractivity contribution is 9.10. The van der Waals surface area contributed by atoms with Gasteiger partial charge in [0.25, 0.3) is 0 Å². The van der Waals surface area contributed by atoms with E-state index in [1.165, 1.54) is 82.7 Å². The summed E-state index contributed by atoms with van der Waals surface area (Å²) in [7, 11) is 0. The van der Waals surface area contributed by atoms with E-state index < -0.39 is 0 Å². The van der Waals surface area contributed by atoms with Gasteiger partial charge in [-0.1, -0.05) is 93.5 Å². The molecule has 22 heavy (non-hydrogen) atoms. The first-order chi connectivity index (χ1) is 10.8. The molecule has 0 unspecified atom stereocenters. The molecule has 0 aliphatic heterocycles. The number of benzene rings is 1. The molecule has 0 saturated carbocycles. The van der Waals surface area contributed by atoms with Crippen LogP contribution < -0.4 is 5.32 Å². The van der Waals surface area contributed by atoms with Crippen LogP contribution in [0.15, 0.2) is 28.7 Å². The first kappa shape index (κ1) is 19.5. The lowest BCUT2D eigenvalue weighted by atomic mass is 10.1. The molecule has 0 radical (unpaired) electrons. The van der Waals surface area contributed by atoms with Crippen molar-refractivity contribution in [2.45, 2.75) is 84.0 Å². The molecule has 0 bridgehead atoms. The third kappa shape index (κ3) is 11.1. The van der Waals surface area contributed by atoms with E-state index in [1.807, 2.05) is 0 Å². The monoisotopic (exact) mass is 367 g/mol. The van der Waals surface area contributed by atoms with Crippen molar-refractivity contribution in [3.63, 3.8) is 0 Å². The summed E-state index contributed by atoms with van der Waals surface area (Å²) in [5.74, 6) is 0. The normalized spacial score (nSPS) is 10.8. The van der Waals surface area contributed by atoms with Gasteiger partial charge in [0, 0.05) is 16.7 Å². The maximum Gasteiger partial charge on any atom is 0.0340 e. The molecule has 1 N–H and O–H groups in total. The molecular formula is C20H34BrN. The van der Waals surface area contributed by atoms with Crippen LogP contribution in [-0.2, 0) is 0 Å².